The lowest BCUT2D eigenvalue weighted by Crippen LogP contribution is -2.27. The van der Waals surface area contributed by atoms with Crippen LogP contribution in [0.3, 0.4) is 0 Å². The van der Waals surface area contributed by atoms with Crippen LogP contribution in [0.15, 0.2) is 24.4 Å². The van der Waals surface area contributed by atoms with E-state index < -0.39 is 0 Å². The normalized spacial score (nSPS) is 10.6. The van der Waals surface area contributed by atoms with Crippen molar-refractivity contribution in [2.24, 2.45) is 0 Å². The van der Waals surface area contributed by atoms with Crippen molar-refractivity contribution in [3.63, 3.8) is 0 Å². The highest BCUT2D eigenvalue weighted by Crippen LogP contribution is 2.29. The lowest BCUT2D eigenvalue weighted by molar-refractivity contribution is 0.0934. The van der Waals surface area contributed by atoms with Crippen LogP contribution in [0.4, 0.5) is 5.69 Å². The minimum absolute atomic E-state index is 0.260. The van der Waals surface area contributed by atoms with Gasteiger partial charge < -0.3 is 15.8 Å². The Morgan fingerprint density at radius 2 is 2.21 bits per heavy atom. The molecule has 1 amide bonds. The number of benzene rings is 1. The number of amides is 1. The Morgan fingerprint density at radius 1 is 1.42 bits per heavy atom. The topological polar surface area (TPSA) is 77.2 Å². The van der Waals surface area contributed by atoms with E-state index >= 15 is 0 Å². The molecule has 6 heteroatoms. The monoisotopic (exact) mass is 279 g/mol. The number of nitrogens with zero attached hydrogens (tertiary/aromatic N) is 1. The number of rotatable bonds is 4. The smallest absolute Gasteiger partial charge is 0.270 e. The van der Waals surface area contributed by atoms with Crippen molar-refractivity contribution in [1.29, 1.82) is 0 Å². The summed E-state index contributed by atoms with van der Waals surface area (Å²) in [6.07, 6.45) is 1.54. The predicted octanol–water partition coefficient (Wildman–Crippen LogP) is 1.85. The fraction of sp³-hybridized carbons (Fsp3) is 0.231. The van der Waals surface area contributed by atoms with Crippen LogP contribution in [0.25, 0.3) is 10.8 Å². The molecule has 1 heterocycles. The number of carbonyl (C=O) groups is 1. The van der Waals surface area contributed by atoms with Crippen LogP contribution in [-0.2, 0) is 4.74 Å². The fourth-order valence-electron chi connectivity index (χ4n) is 1.78. The summed E-state index contributed by atoms with van der Waals surface area (Å²) in [4.78, 5) is 16.1. The molecule has 0 radical (unpaired) electrons. The van der Waals surface area contributed by atoms with E-state index in [0.29, 0.717) is 34.9 Å². The summed E-state index contributed by atoms with van der Waals surface area (Å²) in [6, 6.07) is 5.14. The minimum Gasteiger partial charge on any atom is -0.397 e. The van der Waals surface area contributed by atoms with Crippen LogP contribution in [0.5, 0.6) is 0 Å². The van der Waals surface area contributed by atoms with Gasteiger partial charge in [-0.05, 0) is 12.1 Å². The molecule has 19 heavy (non-hydrogen) atoms. The molecule has 3 N–H and O–H groups in total. The third-order valence-corrected chi connectivity index (χ3v) is 3.07. The van der Waals surface area contributed by atoms with Gasteiger partial charge in [0.05, 0.1) is 17.3 Å². The molecule has 5 nitrogen and oxygen atoms in total. The number of hydrogen-bond acceptors (Lipinski definition) is 4. The molecule has 0 saturated heterocycles. The van der Waals surface area contributed by atoms with Gasteiger partial charge in [-0.3, -0.25) is 9.78 Å². The van der Waals surface area contributed by atoms with E-state index in [9.17, 15) is 4.79 Å². The van der Waals surface area contributed by atoms with Gasteiger partial charge in [0, 0.05) is 30.6 Å². The summed E-state index contributed by atoms with van der Waals surface area (Å²) in [5.74, 6) is -0.260. The minimum atomic E-state index is -0.260. The van der Waals surface area contributed by atoms with Crippen LogP contribution in [0, 0.1) is 0 Å². The van der Waals surface area contributed by atoms with Crippen molar-refractivity contribution in [2.45, 2.75) is 0 Å². The van der Waals surface area contributed by atoms with E-state index in [1.165, 1.54) is 0 Å². The van der Waals surface area contributed by atoms with Crippen molar-refractivity contribution in [1.82, 2.24) is 10.3 Å². The number of aromatic nitrogens is 1. The molecule has 100 valence electrons. The SMILES string of the molecule is COCCNC(=O)c1nccc2c(N)c(Cl)ccc12. The van der Waals surface area contributed by atoms with Gasteiger partial charge >= 0.3 is 0 Å². The Bertz CT molecular complexity index is 616. The van der Waals surface area contributed by atoms with Gasteiger partial charge in [0.2, 0.25) is 0 Å². The van der Waals surface area contributed by atoms with Crippen molar-refractivity contribution in [2.75, 3.05) is 26.0 Å². The largest absolute Gasteiger partial charge is 0.397 e. The Hall–Kier alpha value is -1.85. The maximum absolute atomic E-state index is 12.0. The Kier molecular flexibility index (Phi) is 4.19. The third-order valence-electron chi connectivity index (χ3n) is 2.74. The fourth-order valence-corrected chi connectivity index (χ4v) is 1.95. The van der Waals surface area contributed by atoms with Crippen LogP contribution in [0.1, 0.15) is 10.5 Å². The van der Waals surface area contributed by atoms with E-state index in [0.717, 1.165) is 5.39 Å². The highest BCUT2D eigenvalue weighted by Gasteiger charge is 2.13. The van der Waals surface area contributed by atoms with Gasteiger partial charge in [-0.2, -0.15) is 0 Å². The Balaban J connectivity index is 2.39. The van der Waals surface area contributed by atoms with E-state index in [4.69, 9.17) is 22.1 Å². The molecule has 0 saturated carbocycles. The zero-order valence-corrected chi connectivity index (χ0v) is 11.2. The lowest BCUT2D eigenvalue weighted by atomic mass is 10.1. The molecule has 0 aliphatic heterocycles. The molecule has 0 bridgehead atoms. The quantitative estimate of drug-likeness (QED) is 0.661. The molecular weight excluding hydrogens is 266 g/mol. The first-order valence-corrected chi connectivity index (χ1v) is 6.12. The molecule has 0 spiro atoms. The van der Waals surface area contributed by atoms with Crippen molar-refractivity contribution in [3.8, 4) is 0 Å². The number of carbonyl (C=O) groups excluding carboxylic acids is 1. The summed E-state index contributed by atoms with van der Waals surface area (Å²) in [5.41, 5.74) is 6.68. The summed E-state index contributed by atoms with van der Waals surface area (Å²) in [5, 5.41) is 4.59. The number of hydrogen-bond donors (Lipinski definition) is 2. The number of fused-ring (bicyclic) bond motifs is 1. The molecular formula is C13H14ClN3O2. The van der Waals surface area contributed by atoms with Crippen molar-refractivity contribution >= 4 is 34.0 Å². The molecule has 1 aromatic carbocycles. The number of nitrogen functional groups attached to an aromatic ring is 1. The molecule has 0 atom stereocenters. The lowest BCUT2D eigenvalue weighted by Gasteiger charge is -2.09. The van der Waals surface area contributed by atoms with E-state index in [1.807, 2.05) is 0 Å². The number of methoxy groups -OCH3 is 1. The van der Waals surface area contributed by atoms with Crippen molar-refractivity contribution < 1.29 is 9.53 Å². The first-order chi connectivity index (χ1) is 9.15. The first-order valence-electron chi connectivity index (χ1n) is 5.75. The number of halogens is 1. The van der Waals surface area contributed by atoms with Crippen LogP contribution >= 0.6 is 11.6 Å². The Labute approximate surface area is 115 Å². The second-order valence-electron chi connectivity index (χ2n) is 3.96. The number of ether oxygens (including phenoxy) is 1. The Morgan fingerprint density at radius 3 is 2.95 bits per heavy atom. The average Bonchev–Trinajstić information content (AvgIpc) is 2.42. The van der Waals surface area contributed by atoms with Crippen molar-refractivity contribution in [3.05, 3.63) is 35.1 Å². The van der Waals surface area contributed by atoms with Gasteiger partial charge in [-0.15, -0.1) is 0 Å². The van der Waals surface area contributed by atoms with Crippen LogP contribution in [0.2, 0.25) is 5.02 Å². The highest BCUT2D eigenvalue weighted by atomic mass is 35.5. The second kappa shape index (κ2) is 5.86. The van der Waals surface area contributed by atoms with Crippen LogP contribution in [-0.4, -0.2) is 31.2 Å². The average molecular weight is 280 g/mol. The number of anilines is 1. The summed E-state index contributed by atoms with van der Waals surface area (Å²) >= 11 is 5.96. The second-order valence-corrected chi connectivity index (χ2v) is 4.37. The summed E-state index contributed by atoms with van der Waals surface area (Å²) < 4.78 is 4.88. The van der Waals surface area contributed by atoms with E-state index in [-0.39, 0.29) is 5.91 Å². The summed E-state index contributed by atoms with van der Waals surface area (Å²) in [6.45, 7) is 0.876. The first kappa shape index (κ1) is 13.6. The molecule has 2 aromatic rings. The summed E-state index contributed by atoms with van der Waals surface area (Å²) in [7, 11) is 1.57. The standard InChI is InChI=1S/C13H14ClN3O2/c1-19-7-6-17-13(18)12-9-2-3-10(14)11(15)8(9)4-5-16-12/h2-5H,6-7,15H2,1H3,(H,17,18). The molecule has 0 unspecified atom stereocenters. The number of nitrogens with two attached hydrogens (primary N) is 1. The molecule has 0 fully saturated rings. The number of pyridine rings is 1. The highest BCUT2D eigenvalue weighted by molar-refractivity contribution is 6.34. The van der Waals surface area contributed by atoms with Gasteiger partial charge in [-0.25, -0.2) is 0 Å². The molecule has 0 aliphatic carbocycles. The van der Waals surface area contributed by atoms with Gasteiger partial charge in [0.15, 0.2) is 0 Å². The van der Waals surface area contributed by atoms with E-state index in [2.05, 4.69) is 10.3 Å². The number of nitrogens with one attached hydrogen (secondary N) is 1. The molecule has 0 aliphatic rings. The van der Waals surface area contributed by atoms with Gasteiger partial charge in [0.25, 0.3) is 5.91 Å². The zero-order valence-electron chi connectivity index (χ0n) is 10.4. The van der Waals surface area contributed by atoms with Gasteiger partial charge in [-0.1, -0.05) is 17.7 Å². The molecule has 1 aromatic heterocycles. The third kappa shape index (κ3) is 2.77. The maximum Gasteiger partial charge on any atom is 0.270 e. The van der Waals surface area contributed by atoms with Gasteiger partial charge in [0.1, 0.15) is 5.69 Å². The predicted molar refractivity (Wildman–Crippen MR) is 75.4 cm³/mol. The zero-order chi connectivity index (χ0) is 13.8. The molecule has 2 rings (SSSR count). The van der Waals surface area contributed by atoms with E-state index in [1.54, 1.807) is 31.5 Å². The van der Waals surface area contributed by atoms with Crippen LogP contribution < -0.4 is 11.1 Å². The maximum atomic E-state index is 12.0.